The molecule has 0 spiro atoms. The number of hydrogen-bond acceptors (Lipinski definition) is 2. The first-order chi connectivity index (χ1) is 8.18. The molecule has 1 saturated carbocycles. The monoisotopic (exact) mass is 268 g/mol. The molecule has 5 heteroatoms. The fourth-order valence-corrected chi connectivity index (χ4v) is 2.82. The van der Waals surface area contributed by atoms with Gasteiger partial charge in [0, 0.05) is 20.8 Å². The summed E-state index contributed by atoms with van der Waals surface area (Å²) in [6.45, 7) is 4.55. The number of ether oxygens (including phenoxy) is 2. The Morgan fingerprint density at radius 1 is 1.17 bits per heavy atom. The first kappa shape index (κ1) is 15.8. The highest BCUT2D eigenvalue weighted by molar-refractivity contribution is 4.99. The van der Waals surface area contributed by atoms with Crippen molar-refractivity contribution >= 4 is 0 Å². The van der Waals surface area contributed by atoms with Crippen LogP contribution in [-0.2, 0) is 9.47 Å². The largest absolute Gasteiger partial charge is 0.417 e. The van der Waals surface area contributed by atoms with Crippen molar-refractivity contribution in [2.45, 2.75) is 51.3 Å². The summed E-state index contributed by atoms with van der Waals surface area (Å²) in [5, 5.41) is 0. The summed E-state index contributed by atoms with van der Waals surface area (Å²) in [6.07, 6.45) is -3.06. The highest BCUT2D eigenvalue weighted by Gasteiger charge is 2.59. The minimum Gasteiger partial charge on any atom is -0.385 e. The standard InChI is InChI=1S/C13H23F3O2/c1-11(2)6-7-12(18-4,13(14,15)16)9-10(11)5-8-17-3/h10H,5-9H2,1-4H3. The molecule has 0 aromatic rings. The predicted octanol–water partition coefficient (Wildman–Crippen LogP) is 3.80. The summed E-state index contributed by atoms with van der Waals surface area (Å²) in [5.74, 6) is -0.0345. The minimum atomic E-state index is -4.30. The van der Waals surface area contributed by atoms with E-state index in [9.17, 15) is 13.2 Å². The van der Waals surface area contributed by atoms with Crippen molar-refractivity contribution in [3.63, 3.8) is 0 Å². The molecular formula is C13H23F3O2. The fraction of sp³-hybridized carbons (Fsp3) is 1.00. The van der Waals surface area contributed by atoms with Gasteiger partial charge in [0.25, 0.3) is 0 Å². The van der Waals surface area contributed by atoms with Crippen molar-refractivity contribution in [1.82, 2.24) is 0 Å². The number of halogens is 3. The van der Waals surface area contributed by atoms with Gasteiger partial charge in [0.15, 0.2) is 5.60 Å². The maximum atomic E-state index is 13.2. The van der Waals surface area contributed by atoms with Crippen LogP contribution in [-0.4, -0.2) is 32.6 Å². The summed E-state index contributed by atoms with van der Waals surface area (Å²) < 4.78 is 49.4. The van der Waals surface area contributed by atoms with E-state index in [0.717, 1.165) is 0 Å². The van der Waals surface area contributed by atoms with Crippen LogP contribution >= 0.6 is 0 Å². The average molecular weight is 268 g/mol. The van der Waals surface area contributed by atoms with Gasteiger partial charge in [-0.25, -0.2) is 0 Å². The zero-order valence-electron chi connectivity index (χ0n) is 11.6. The maximum absolute atomic E-state index is 13.2. The lowest BCUT2D eigenvalue weighted by atomic mass is 9.62. The molecule has 108 valence electrons. The third-order valence-corrected chi connectivity index (χ3v) is 4.43. The first-order valence-electron chi connectivity index (χ1n) is 6.29. The van der Waals surface area contributed by atoms with Gasteiger partial charge in [0.1, 0.15) is 0 Å². The zero-order valence-corrected chi connectivity index (χ0v) is 11.6. The second kappa shape index (κ2) is 5.37. The first-order valence-corrected chi connectivity index (χ1v) is 6.29. The molecule has 0 saturated heterocycles. The molecule has 0 N–H and O–H groups in total. The van der Waals surface area contributed by atoms with Crippen LogP contribution in [0, 0.1) is 11.3 Å². The van der Waals surface area contributed by atoms with Crippen molar-refractivity contribution in [2.75, 3.05) is 20.8 Å². The highest BCUT2D eigenvalue weighted by Crippen LogP contribution is 2.53. The summed E-state index contributed by atoms with van der Waals surface area (Å²) >= 11 is 0. The molecule has 0 aromatic heterocycles. The topological polar surface area (TPSA) is 18.5 Å². The van der Waals surface area contributed by atoms with Crippen molar-refractivity contribution in [1.29, 1.82) is 0 Å². The highest BCUT2D eigenvalue weighted by atomic mass is 19.4. The summed E-state index contributed by atoms with van der Waals surface area (Å²) in [5.41, 5.74) is -2.06. The van der Waals surface area contributed by atoms with Gasteiger partial charge in [0.2, 0.25) is 0 Å². The van der Waals surface area contributed by atoms with Crippen LogP contribution in [0.2, 0.25) is 0 Å². The van der Waals surface area contributed by atoms with Gasteiger partial charge in [-0.2, -0.15) is 13.2 Å². The molecule has 1 aliphatic rings. The average Bonchev–Trinajstić information content (AvgIpc) is 2.26. The molecular weight excluding hydrogens is 245 g/mol. The Morgan fingerprint density at radius 3 is 2.22 bits per heavy atom. The lowest BCUT2D eigenvalue weighted by Crippen LogP contribution is -2.53. The number of hydrogen-bond donors (Lipinski definition) is 0. The number of methoxy groups -OCH3 is 2. The number of rotatable bonds is 4. The molecule has 2 nitrogen and oxygen atoms in total. The van der Waals surface area contributed by atoms with Crippen LogP contribution in [0.4, 0.5) is 13.2 Å². The smallest absolute Gasteiger partial charge is 0.385 e. The van der Waals surface area contributed by atoms with E-state index in [-0.39, 0.29) is 24.2 Å². The van der Waals surface area contributed by atoms with Crippen molar-refractivity contribution in [3.05, 3.63) is 0 Å². The van der Waals surface area contributed by atoms with E-state index in [2.05, 4.69) is 0 Å². The van der Waals surface area contributed by atoms with Crippen LogP contribution in [0.5, 0.6) is 0 Å². The van der Waals surface area contributed by atoms with E-state index in [1.54, 1.807) is 7.11 Å². The fourth-order valence-electron chi connectivity index (χ4n) is 2.82. The molecule has 0 aromatic carbocycles. The van der Waals surface area contributed by atoms with Crippen LogP contribution in [0.3, 0.4) is 0 Å². The van der Waals surface area contributed by atoms with E-state index in [1.807, 2.05) is 13.8 Å². The summed E-state index contributed by atoms with van der Waals surface area (Å²) in [7, 11) is 2.74. The third kappa shape index (κ3) is 2.99. The summed E-state index contributed by atoms with van der Waals surface area (Å²) in [4.78, 5) is 0. The van der Waals surface area contributed by atoms with Crippen LogP contribution in [0.25, 0.3) is 0 Å². The Morgan fingerprint density at radius 2 is 1.78 bits per heavy atom. The van der Waals surface area contributed by atoms with E-state index >= 15 is 0 Å². The van der Waals surface area contributed by atoms with Crippen molar-refractivity contribution in [2.24, 2.45) is 11.3 Å². The lowest BCUT2D eigenvalue weighted by Gasteiger charge is -2.48. The molecule has 1 fully saturated rings. The minimum absolute atomic E-state index is 0.0311. The third-order valence-electron chi connectivity index (χ3n) is 4.43. The Balaban J connectivity index is 2.88. The van der Waals surface area contributed by atoms with Crippen LogP contribution < -0.4 is 0 Å². The molecule has 2 atom stereocenters. The Kier molecular flexibility index (Phi) is 4.70. The Bertz CT molecular complexity index is 276. The Hall–Kier alpha value is -0.290. The van der Waals surface area contributed by atoms with E-state index in [0.29, 0.717) is 19.4 Å². The van der Waals surface area contributed by atoms with E-state index in [4.69, 9.17) is 9.47 Å². The molecule has 0 heterocycles. The SMILES string of the molecule is COCCC1CC(OC)(C(F)(F)F)CCC1(C)C. The zero-order chi connectivity index (χ0) is 14.0. The van der Waals surface area contributed by atoms with Crippen LogP contribution in [0.1, 0.15) is 39.5 Å². The van der Waals surface area contributed by atoms with Crippen molar-refractivity contribution in [3.8, 4) is 0 Å². The van der Waals surface area contributed by atoms with E-state index in [1.165, 1.54) is 7.11 Å². The molecule has 1 aliphatic carbocycles. The van der Waals surface area contributed by atoms with Gasteiger partial charge in [-0.3, -0.25) is 0 Å². The number of alkyl halides is 3. The lowest BCUT2D eigenvalue weighted by molar-refractivity contribution is -0.291. The molecule has 0 radical (unpaired) electrons. The molecule has 1 rings (SSSR count). The second-order valence-electron chi connectivity index (χ2n) is 5.87. The second-order valence-corrected chi connectivity index (χ2v) is 5.87. The van der Waals surface area contributed by atoms with Crippen molar-refractivity contribution < 1.29 is 22.6 Å². The van der Waals surface area contributed by atoms with E-state index < -0.39 is 11.8 Å². The Labute approximate surface area is 107 Å². The maximum Gasteiger partial charge on any atom is 0.417 e. The van der Waals surface area contributed by atoms with Crippen LogP contribution in [0.15, 0.2) is 0 Å². The molecule has 18 heavy (non-hydrogen) atoms. The van der Waals surface area contributed by atoms with Gasteiger partial charge in [-0.05, 0) is 37.0 Å². The van der Waals surface area contributed by atoms with Gasteiger partial charge < -0.3 is 9.47 Å². The van der Waals surface area contributed by atoms with Gasteiger partial charge in [0.05, 0.1) is 0 Å². The molecule has 0 aliphatic heterocycles. The molecule has 0 bridgehead atoms. The van der Waals surface area contributed by atoms with Gasteiger partial charge >= 0.3 is 6.18 Å². The molecule has 2 unspecified atom stereocenters. The van der Waals surface area contributed by atoms with Gasteiger partial charge in [-0.15, -0.1) is 0 Å². The normalized spacial score (nSPS) is 32.5. The summed E-state index contributed by atoms with van der Waals surface area (Å²) in [6, 6.07) is 0. The molecule has 0 amide bonds. The van der Waals surface area contributed by atoms with Gasteiger partial charge in [-0.1, -0.05) is 13.8 Å². The predicted molar refractivity (Wildman–Crippen MR) is 63.4 cm³/mol. The quantitative estimate of drug-likeness (QED) is 0.772.